The predicted molar refractivity (Wildman–Crippen MR) is 68.4 cm³/mol. The van der Waals surface area contributed by atoms with Crippen LogP contribution in [0.25, 0.3) is 0 Å². The maximum absolute atomic E-state index is 11.5. The zero-order valence-electron chi connectivity index (χ0n) is 10.4. The largest absolute Gasteiger partial charge is 0.342 e. The third-order valence-electron chi connectivity index (χ3n) is 2.40. The van der Waals surface area contributed by atoms with Gasteiger partial charge in [-0.3, -0.25) is 4.79 Å². The lowest BCUT2D eigenvalue weighted by Crippen LogP contribution is -2.39. The second kappa shape index (κ2) is 9.04. The normalized spacial score (nSPS) is 10.7. The minimum Gasteiger partial charge on any atom is -0.342 e. The van der Waals surface area contributed by atoms with Gasteiger partial charge in [0.1, 0.15) is 0 Å². The third kappa shape index (κ3) is 7.68. The molecule has 1 N–H and O–H groups in total. The summed E-state index contributed by atoms with van der Waals surface area (Å²) >= 11 is 1.87. The minimum atomic E-state index is 0.176. The van der Waals surface area contributed by atoms with Crippen LogP contribution in [-0.4, -0.2) is 49.0 Å². The van der Waals surface area contributed by atoms with Crippen molar-refractivity contribution in [3.8, 4) is 0 Å². The number of thioether (sulfide) groups is 1. The van der Waals surface area contributed by atoms with Gasteiger partial charge in [0.2, 0.25) is 5.91 Å². The summed E-state index contributed by atoms with van der Waals surface area (Å²) in [6.45, 7) is 5.46. The molecule has 0 aromatic heterocycles. The van der Waals surface area contributed by atoms with Crippen LogP contribution in [0.3, 0.4) is 0 Å². The zero-order chi connectivity index (χ0) is 11.7. The predicted octanol–water partition coefficient (Wildman–Crippen LogP) is 1.59. The number of likely N-dealkylation sites (N-methyl/N-ethyl adjacent to an activating group) is 1. The number of unbranched alkanes of at least 4 members (excludes halogenated alkanes) is 1. The number of nitrogens with one attached hydrogen (secondary N) is 1. The molecule has 0 unspecified atom stereocenters. The molecule has 0 rings (SSSR count). The van der Waals surface area contributed by atoms with Crippen molar-refractivity contribution in [2.45, 2.75) is 32.7 Å². The van der Waals surface area contributed by atoms with Crippen LogP contribution in [0.5, 0.6) is 0 Å². The van der Waals surface area contributed by atoms with E-state index in [4.69, 9.17) is 0 Å². The first-order valence-electron chi connectivity index (χ1n) is 5.55. The Kier molecular flexibility index (Phi) is 8.91. The molecule has 3 nitrogen and oxygen atoms in total. The van der Waals surface area contributed by atoms with Crippen molar-refractivity contribution in [3.05, 3.63) is 0 Å². The molecule has 0 saturated carbocycles. The zero-order valence-corrected chi connectivity index (χ0v) is 11.2. The van der Waals surface area contributed by atoms with Crippen molar-refractivity contribution in [1.29, 1.82) is 0 Å². The molecule has 0 bridgehead atoms. The molecule has 0 aliphatic rings. The maximum atomic E-state index is 11.5. The lowest BCUT2D eigenvalue weighted by atomic mass is 10.3. The molecule has 0 aliphatic carbocycles. The molecule has 4 heteroatoms. The highest BCUT2D eigenvalue weighted by Gasteiger charge is 2.10. The summed E-state index contributed by atoms with van der Waals surface area (Å²) in [5, 5.41) is 3.18. The van der Waals surface area contributed by atoms with Crippen molar-refractivity contribution in [3.63, 3.8) is 0 Å². The van der Waals surface area contributed by atoms with Crippen LogP contribution in [0.1, 0.15) is 26.7 Å². The summed E-state index contributed by atoms with van der Waals surface area (Å²) in [5.41, 5.74) is 0. The van der Waals surface area contributed by atoms with E-state index in [0.717, 1.165) is 13.0 Å². The van der Waals surface area contributed by atoms with E-state index in [2.05, 4.69) is 11.6 Å². The van der Waals surface area contributed by atoms with Crippen molar-refractivity contribution < 1.29 is 4.79 Å². The van der Waals surface area contributed by atoms with Crippen molar-refractivity contribution in [2.24, 2.45) is 0 Å². The molecular weight excluding hydrogens is 208 g/mol. The average Bonchev–Trinajstić information content (AvgIpc) is 2.21. The van der Waals surface area contributed by atoms with Crippen LogP contribution in [0.15, 0.2) is 0 Å². The number of rotatable bonds is 8. The van der Waals surface area contributed by atoms with E-state index in [1.807, 2.05) is 32.7 Å². The van der Waals surface area contributed by atoms with Gasteiger partial charge in [-0.05, 0) is 45.2 Å². The van der Waals surface area contributed by atoms with Crippen LogP contribution < -0.4 is 5.32 Å². The Bertz CT molecular complexity index is 174. The van der Waals surface area contributed by atoms with Gasteiger partial charge in [-0.2, -0.15) is 11.8 Å². The molecule has 0 fully saturated rings. The van der Waals surface area contributed by atoms with Crippen LogP contribution >= 0.6 is 11.8 Å². The number of hydrogen-bond donors (Lipinski definition) is 1. The molecule has 0 aromatic rings. The molecular formula is C11H24N2OS. The van der Waals surface area contributed by atoms with Crippen LogP contribution in [-0.2, 0) is 4.79 Å². The van der Waals surface area contributed by atoms with E-state index >= 15 is 0 Å². The van der Waals surface area contributed by atoms with Gasteiger partial charge in [-0.15, -0.1) is 0 Å². The highest BCUT2D eigenvalue weighted by atomic mass is 32.2. The Balaban J connectivity index is 3.39. The van der Waals surface area contributed by atoms with Gasteiger partial charge in [0.05, 0.1) is 6.54 Å². The van der Waals surface area contributed by atoms with Gasteiger partial charge in [-0.25, -0.2) is 0 Å². The Morgan fingerprint density at radius 2 is 2.07 bits per heavy atom. The lowest BCUT2D eigenvalue weighted by molar-refractivity contribution is -0.130. The fraction of sp³-hybridized carbons (Fsp3) is 0.909. The first kappa shape index (κ1) is 14.8. The second-order valence-corrected chi connectivity index (χ2v) is 4.96. The monoisotopic (exact) mass is 232 g/mol. The number of amides is 1. The van der Waals surface area contributed by atoms with E-state index < -0.39 is 0 Å². The molecule has 90 valence electrons. The Morgan fingerprint density at radius 3 is 2.60 bits per heavy atom. The number of carbonyl (C=O) groups excluding carboxylic acids is 1. The smallest absolute Gasteiger partial charge is 0.236 e. The fourth-order valence-electron chi connectivity index (χ4n) is 1.10. The first-order valence-corrected chi connectivity index (χ1v) is 6.94. The highest BCUT2D eigenvalue weighted by Crippen LogP contribution is 1.98. The van der Waals surface area contributed by atoms with Gasteiger partial charge < -0.3 is 10.2 Å². The van der Waals surface area contributed by atoms with E-state index in [0.29, 0.717) is 6.54 Å². The topological polar surface area (TPSA) is 32.3 Å². The Labute approximate surface area is 98.0 Å². The molecule has 0 aliphatic heterocycles. The van der Waals surface area contributed by atoms with E-state index in [9.17, 15) is 4.79 Å². The fourth-order valence-corrected chi connectivity index (χ4v) is 1.60. The van der Waals surface area contributed by atoms with Crippen LogP contribution in [0.2, 0.25) is 0 Å². The molecule has 1 amide bonds. The standard InChI is InChI=1S/C11H24N2OS/c1-10(2)13(3)11(14)9-12-7-5-6-8-15-4/h10,12H,5-9H2,1-4H3. The summed E-state index contributed by atoms with van der Waals surface area (Å²) in [6, 6.07) is 0.288. The maximum Gasteiger partial charge on any atom is 0.236 e. The molecule has 0 atom stereocenters. The van der Waals surface area contributed by atoms with Crippen molar-refractivity contribution >= 4 is 17.7 Å². The van der Waals surface area contributed by atoms with Crippen molar-refractivity contribution in [2.75, 3.05) is 32.1 Å². The van der Waals surface area contributed by atoms with Crippen LogP contribution in [0, 0.1) is 0 Å². The number of carbonyl (C=O) groups is 1. The molecule has 15 heavy (non-hydrogen) atoms. The van der Waals surface area contributed by atoms with Gasteiger partial charge in [-0.1, -0.05) is 0 Å². The summed E-state index contributed by atoms with van der Waals surface area (Å²) in [7, 11) is 1.85. The Morgan fingerprint density at radius 1 is 1.40 bits per heavy atom. The number of hydrogen-bond acceptors (Lipinski definition) is 3. The molecule has 0 aromatic carbocycles. The van der Waals surface area contributed by atoms with Gasteiger partial charge >= 0.3 is 0 Å². The quantitative estimate of drug-likeness (QED) is 0.645. The van der Waals surface area contributed by atoms with Gasteiger partial charge in [0.25, 0.3) is 0 Å². The van der Waals surface area contributed by atoms with E-state index in [1.54, 1.807) is 4.90 Å². The third-order valence-corrected chi connectivity index (χ3v) is 3.09. The summed E-state index contributed by atoms with van der Waals surface area (Å²) < 4.78 is 0. The lowest BCUT2D eigenvalue weighted by Gasteiger charge is -2.21. The van der Waals surface area contributed by atoms with Gasteiger partial charge in [0.15, 0.2) is 0 Å². The van der Waals surface area contributed by atoms with Crippen LogP contribution in [0.4, 0.5) is 0 Å². The van der Waals surface area contributed by atoms with E-state index in [1.165, 1.54) is 12.2 Å². The Hall–Kier alpha value is -0.220. The summed E-state index contributed by atoms with van der Waals surface area (Å²) in [4.78, 5) is 13.3. The first-order chi connectivity index (χ1) is 7.09. The molecule has 0 heterocycles. The van der Waals surface area contributed by atoms with Crippen molar-refractivity contribution in [1.82, 2.24) is 10.2 Å². The minimum absolute atomic E-state index is 0.176. The van der Waals surface area contributed by atoms with E-state index in [-0.39, 0.29) is 11.9 Å². The second-order valence-electron chi connectivity index (χ2n) is 3.98. The summed E-state index contributed by atoms with van der Waals surface area (Å²) in [5.74, 6) is 1.39. The number of nitrogens with zero attached hydrogens (tertiary/aromatic N) is 1. The SMILES string of the molecule is CSCCCCNCC(=O)N(C)C(C)C. The molecule has 0 spiro atoms. The molecule has 0 radical (unpaired) electrons. The molecule has 0 saturated heterocycles. The summed E-state index contributed by atoms with van der Waals surface area (Å²) in [6.07, 6.45) is 4.50. The average molecular weight is 232 g/mol. The highest BCUT2D eigenvalue weighted by molar-refractivity contribution is 7.98. The van der Waals surface area contributed by atoms with Gasteiger partial charge in [0, 0.05) is 13.1 Å².